The Morgan fingerprint density at radius 2 is 1.88 bits per heavy atom. The lowest BCUT2D eigenvalue weighted by molar-refractivity contribution is -0.127. The number of phenolic OH excluding ortho intramolecular Hbond substituents is 1. The quantitative estimate of drug-likeness (QED) is 0.369. The van der Waals surface area contributed by atoms with Gasteiger partial charge in [0.2, 0.25) is 0 Å². The van der Waals surface area contributed by atoms with Crippen LogP contribution < -0.4 is 5.32 Å². The van der Waals surface area contributed by atoms with E-state index < -0.39 is 0 Å². The number of phenols is 1. The minimum atomic E-state index is -0.385. The molecule has 3 N–H and O–H groups in total. The molecule has 0 amide bonds. The van der Waals surface area contributed by atoms with Crippen LogP contribution in [-0.2, 0) is 17.6 Å². The highest BCUT2D eigenvalue weighted by Gasteiger charge is 2.31. The molecule has 3 heterocycles. The van der Waals surface area contributed by atoms with Crippen LogP contribution in [0.4, 0.5) is 0 Å². The van der Waals surface area contributed by atoms with Gasteiger partial charge < -0.3 is 15.4 Å². The van der Waals surface area contributed by atoms with E-state index in [1.54, 1.807) is 16.8 Å². The number of aromatic amines is 1. The van der Waals surface area contributed by atoms with Gasteiger partial charge in [0, 0.05) is 41.6 Å². The average molecular weight is 458 g/mol. The summed E-state index contributed by atoms with van der Waals surface area (Å²) in [5.74, 6) is 0.688. The Morgan fingerprint density at radius 3 is 2.68 bits per heavy atom. The Kier molecular flexibility index (Phi) is 6.45. The fraction of sp³-hybridized carbons (Fsp3) is 0.370. The van der Waals surface area contributed by atoms with Gasteiger partial charge in [-0.3, -0.25) is 4.79 Å². The van der Waals surface area contributed by atoms with Crippen LogP contribution in [0.1, 0.15) is 48.5 Å². The number of carbonyl (C=O) groups excluding carboxylic acids is 1. The maximum absolute atomic E-state index is 13.7. The number of nitrogens with one attached hydrogen (secondary N) is 2. The van der Waals surface area contributed by atoms with Crippen molar-refractivity contribution in [1.82, 2.24) is 25.3 Å². The zero-order valence-electron chi connectivity index (χ0n) is 19.4. The predicted molar refractivity (Wildman–Crippen MR) is 132 cm³/mol. The summed E-state index contributed by atoms with van der Waals surface area (Å²) in [6.45, 7) is 3.87. The van der Waals surface area contributed by atoms with E-state index in [-0.39, 0.29) is 29.4 Å². The van der Waals surface area contributed by atoms with Crippen LogP contribution in [0.5, 0.6) is 5.75 Å². The molecule has 1 saturated heterocycles. The van der Waals surface area contributed by atoms with Gasteiger partial charge in [-0.25, -0.2) is 4.68 Å². The van der Waals surface area contributed by atoms with E-state index in [2.05, 4.69) is 39.7 Å². The summed E-state index contributed by atoms with van der Waals surface area (Å²) < 4.78 is 1.79. The van der Waals surface area contributed by atoms with Gasteiger partial charge in [-0.1, -0.05) is 42.5 Å². The van der Waals surface area contributed by atoms with Crippen molar-refractivity contribution in [2.24, 2.45) is 5.92 Å². The number of nitrogens with zero attached hydrogens (tertiary/aromatic N) is 3. The van der Waals surface area contributed by atoms with E-state index in [1.807, 2.05) is 36.7 Å². The topological polar surface area (TPSA) is 95.8 Å². The third-order valence-electron chi connectivity index (χ3n) is 6.99. The highest BCUT2D eigenvalue weighted by Crippen LogP contribution is 2.28. The van der Waals surface area contributed by atoms with Crippen molar-refractivity contribution in [3.05, 3.63) is 77.7 Å². The van der Waals surface area contributed by atoms with E-state index >= 15 is 0 Å². The average Bonchev–Trinajstić information content (AvgIpc) is 3.52. The lowest BCUT2D eigenvalue weighted by atomic mass is 9.87. The minimum absolute atomic E-state index is 0.0403. The molecule has 176 valence electrons. The summed E-state index contributed by atoms with van der Waals surface area (Å²) in [4.78, 5) is 17.0. The van der Waals surface area contributed by atoms with Gasteiger partial charge in [-0.2, -0.15) is 0 Å². The number of fused-ring (bicyclic) bond motifs is 1. The lowest BCUT2D eigenvalue weighted by Gasteiger charge is -2.26. The summed E-state index contributed by atoms with van der Waals surface area (Å²) in [6, 6.07) is 15.1. The van der Waals surface area contributed by atoms with Crippen molar-refractivity contribution in [2.75, 3.05) is 13.1 Å². The van der Waals surface area contributed by atoms with E-state index in [9.17, 15) is 9.90 Å². The number of para-hydroxylation sites is 1. The van der Waals surface area contributed by atoms with Crippen LogP contribution in [0, 0.1) is 5.92 Å². The van der Waals surface area contributed by atoms with Crippen LogP contribution in [0.15, 0.2) is 60.9 Å². The van der Waals surface area contributed by atoms with Gasteiger partial charge in [0.05, 0.1) is 5.69 Å². The van der Waals surface area contributed by atoms with Crippen LogP contribution in [0.3, 0.4) is 0 Å². The molecule has 0 radical (unpaired) electrons. The number of hydrogen-bond acceptors (Lipinski definition) is 5. The summed E-state index contributed by atoms with van der Waals surface area (Å²) in [5.41, 5.74) is 4.19. The second-order valence-electron chi connectivity index (χ2n) is 9.40. The highest BCUT2D eigenvalue weighted by molar-refractivity contribution is 5.87. The molecule has 0 bridgehead atoms. The highest BCUT2D eigenvalue weighted by atomic mass is 16.3. The molecule has 2 aromatic carbocycles. The van der Waals surface area contributed by atoms with Crippen LogP contribution >= 0.6 is 0 Å². The number of Topliss-reactive ketones (excluding diaryl/α,β-unsaturated/α-hetero) is 1. The number of H-pyrrole nitrogens is 1. The molecule has 1 fully saturated rings. The number of piperidine rings is 1. The van der Waals surface area contributed by atoms with E-state index in [0.717, 1.165) is 60.1 Å². The van der Waals surface area contributed by atoms with E-state index in [4.69, 9.17) is 0 Å². The van der Waals surface area contributed by atoms with Crippen molar-refractivity contribution in [2.45, 2.75) is 44.6 Å². The van der Waals surface area contributed by atoms with Crippen molar-refractivity contribution in [1.29, 1.82) is 0 Å². The fourth-order valence-corrected chi connectivity index (χ4v) is 4.97. The monoisotopic (exact) mass is 457 g/mol. The lowest BCUT2D eigenvalue weighted by Crippen LogP contribution is -2.36. The largest absolute Gasteiger partial charge is 0.508 e. The minimum Gasteiger partial charge on any atom is -0.508 e. The third kappa shape index (κ3) is 4.75. The first-order valence-corrected chi connectivity index (χ1v) is 12.1. The van der Waals surface area contributed by atoms with Crippen molar-refractivity contribution < 1.29 is 9.90 Å². The number of rotatable bonds is 8. The number of aromatic nitrogens is 4. The van der Waals surface area contributed by atoms with Crippen molar-refractivity contribution in [3.63, 3.8) is 0 Å². The van der Waals surface area contributed by atoms with Gasteiger partial charge in [-0.05, 0) is 61.7 Å². The summed E-state index contributed by atoms with van der Waals surface area (Å²) in [6.07, 6.45) is 7.06. The zero-order chi connectivity index (χ0) is 23.5. The number of hydrogen-bond donors (Lipinski definition) is 3. The van der Waals surface area contributed by atoms with Crippen molar-refractivity contribution in [3.8, 4) is 5.75 Å². The fourth-order valence-electron chi connectivity index (χ4n) is 4.97. The Morgan fingerprint density at radius 1 is 1.12 bits per heavy atom. The first-order valence-electron chi connectivity index (χ1n) is 12.1. The molecule has 2 atom stereocenters. The summed E-state index contributed by atoms with van der Waals surface area (Å²) >= 11 is 0. The van der Waals surface area contributed by atoms with Crippen molar-refractivity contribution >= 4 is 16.7 Å². The molecule has 7 heteroatoms. The molecule has 2 aromatic heterocycles. The molecule has 34 heavy (non-hydrogen) atoms. The Balaban J connectivity index is 1.41. The van der Waals surface area contributed by atoms with Gasteiger partial charge in [0.1, 0.15) is 11.8 Å². The van der Waals surface area contributed by atoms with E-state index in [1.165, 1.54) is 0 Å². The first kappa shape index (κ1) is 22.3. The second kappa shape index (κ2) is 9.81. The Labute approximate surface area is 199 Å². The number of ketones is 1. The van der Waals surface area contributed by atoms with Gasteiger partial charge in [-0.15, -0.1) is 5.10 Å². The number of aromatic hydroxyl groups is 1. The van der Waals surface area contributed by atoms with Crippen LogP contribution in [0.2, 0.25) is 0 Å². The van der Waals surface area contributed by atoms with Gasteiger partial charge >= 0.3 is 0 Å². The SMILES string of the molecule is C[C@@H](Cc1ccc(O)cc1)c1cn([C@@H](Cc2c[nH]c3ccccc23)C(=O)C2CCNCC2)nn1. The Hall–Kier alpha value is -3.45. The number of benzene rings is 2. The van der Waals surface area contributed by atoms with E-state index in [0.29, 0.717) is 6.42 Å². The smallest absolute Gasteiger partial charge is 0.160 e. The third-order valence-corrected chi connectivity index (χ3v) is 6.99. The van der Waals surface area contributed by atoms with Crippen LogP contribution in [-0.4, -0.2) is 44.0 Å². The molecule has 5 rings (SSSR count). The standard InChI is InChI=1S/C27H31N5O2/c1-18(14-19-6-8-22(33)9-7-19)25-17-32(31-30-25)26(27(34)20-10-12-28-13-11-20)15-21-16-29-24-5-3-2-4-23(21)24/h2-9,16-18,20,26,28-29,33H,10-15H2,1H3/t18-,26-/m0/s1. The second-order valence-corrected chi connectivity index (χ2v) is 9.40. The first-order chi connectivity index (χ1) is 16.6. The molecule has 0 spiro atoms. The molecular formula is C27H31N5O2. The maximum atomic E-state index is 13.7. The molecule has 0 unspecified atom stereocenters. The van der Waals surface area contributed by atoms with Crippen LogP contribution in [0.25, 0.3) is 10.9 Å². The van der Waals surface area contributed by atoms with Gasteiger partial charge in [0.25, 0.3) is 0 Å². The molecule has 1 aliphatic rings. The normalized spacial score (nSPS) is 16.5. The zero-order valence-corrected chi connectivity index (χ0v) is 19.4. The molecule has 0 aliphatic carbocycles. The molecule has 4 aromatic rings. The molecule has 0 saturated carbocycles. The maximum Gasteiger partial charge on any atom is 0.160 e. The summed E-state index contributed by atoms with van der Waals surface area (Å²) in [5, 5.41) is 23.0. The molecule has 1 aliphatic heterocycles. The summed E-state index contributed by atoms with van der Waals surface area (Å²) in [7, 11) is 0. The molecule has 7 nitrogen and oxygen atoms in total. The van der Waals surface area contributed by atoms with Gasteiger partial charge in [0.15, 0.2) is 5.78 Å². The molecular weight excluding hydrogens is 426 g/mol. The Bertz CT molecular complexity index is 1250. The predicted octanol–water partition coefficient (Wildman–Crippen LogP) is 4.16. The number of carbonyl (C=O) groups is 1.